The Labute approximate surface area is 93.3 Å². The van der Waals surface area contributed by atoms with Crippen molar-refractivity contribution in [2.75, 3.05) is 7.11 Å². The fourth-order valence-corrected chi connectivity index (χ4v) is 1.59. The van der Waals surface area contributed by atoms with Crippen molar-refractivity contribution in [1.29, 1.82) is 0 Å². The molecular formula is C9H8BrF2NO2. The first-order chi connectivity index (χ1) is 6.97. The van der Waals surface area contributed by atoms with E-state index in [0.29, 0.717) is 0 Å². The van der Waals surface area contributed by atoms with Gasteiger partial charge in [0.2, 0.25) is 0 Å². The summed E-state index contributed by atoms with van der Waals surface area (Å²) in [6, 6.07) is 0.633. The van der Waals surface area contributed by atoms with Crippen LogP contribution in [-0.4, -0.2) is 13.1 Å². The van der Waals surface area contributed by atoms with Crippen LogP contribution in [0.5, 0.6) is 0 Å². The van der Waals surface area contributed by atoms with Crippen LogP contribution >= 0.6 is 15.9 Å². The summed E-state index contributed by atoms with van der Waals surface area (Å²) in [5.41, 5.74) is 5.61. The second-order valence-electron chi connectivity index (χ2n) is 2.79. The van der Waals surface area contributed by atoms with Crippen LogP contribution in [0.4, 0.5) is 8.78 Å². The van der Waals surface area contributed by atoms with Gasteiger partial charge in [0.25, 0.3) is 0 Å². The lowest BCUT2D eigenvalue weighted by Gasteiger charge is -2.11. The maximum Gasteiger partial charge on any atom is 0.327 e. The number of halogens is 3. The van der Waals surface area contributed by atoms with Crippen LogP contribution in [-0.2, 0) is 9.53 Å². The van der Waals surface area contributed by atoms with Crippen LogP contribution in [0.25, 0.3) is 0 Å². The maximum absolute atomic E-state index is 12.9. The fourth-order valence-electron chi connectivity index (χ4n) is 1.03. The van der Waals surface area contributed by atoms with Crippen LogP contribution in [0.2, 0.25) is 0 Å². The number of hydrogen-bond donors (Lipinski definition) is 1. The van der Waals surface area contributed by atoms with Gasteiger partial charge in [-0.15, -0.1) is 0 Å². The summed E-state index contributed by atoms with van der Waals surface area (Å²) in [5, 5.41) is 0. The van der Waals surface area contributed by atoms with E-state index in [1.807, 2.05) is 0 Å². The summed E-state index contributed by atoms with van der Waals surface area (Å²) in [5.74, 6) is -2.79. The first kappa shape index (κ1) is 12.1. The molecule has 0 aliphatic heterocycles. The number of rotatable bonds is 2. The van der Waals surface area contributed by atoms with Gasteiger partial charge in [0.1, 0.15) is 6.04 Å². The van der Waals surface area contributed by atoms with Crippen LogP contribution in [0.1, 0.15) is 11.6 Å². The molecule has 0 bridgehead atoms. The third kappa shape index (κ3) is 2.51. The third-order valence-electron chi connectivity index (χ3n) is 1.83. The highest BCUT2D eigenvalue weighted by molar-refractivity contribution is 9.10. The van der Waals surface area contributed by atoms with Crippen LogP contribution < -0.4 is 5.73 Å². The number of hydrogen-bond acceptors (Lipinski definition) is 3. The van der Waals surface area contributed by atoms with Crippen LogP contribution in [0.3, 0.4) is 0 Å². The predicted octanol–water partition coefficient (Wildman–Crippen LogP) is 1.90. The summed E-state index contributed by atoms with van der Waals surface area (Å²) in [6.07, 6.45) is 0. The topological polar surface area (TPSA) is 52.3 Å². The number of carbonyl (C=O) groups excluding carboxylic acids is 1. The van der Waals surface area contributed by atoms with Gasteiger partial charge in [-0.3, -0.25) is 4.79 Å². The lowest BCUT2D eigenvalue weighted by atomic mass is 10.1. The molecule has 0 heterocycles. The Balaban J connectivity index is 3.14. The molecule has 3 nitrogen and oxygen atoms in total. The predicted molar refractivity (Wildman–Crippen MR) is 53.0 cm³/mol. The zero-order valence-electron chi connectivity index (χ0n) is 7.76. The molecule has 1 aromatic carbocycles. The molecule has 1 unspecified atom stereocenters. The molecule has 0 aromatic heterocycles. The molecule has 0 aliphatic rings. The van der Waals surface area contributed by atoms with Crippen molar-refractivity contribution >= 4 is 21.9 Å². The van der Waals surface area contributed by atoms with Crippen molar-refractivity contribution in [1.82, 2.24) is 0 Å². The zero-order chi connectivity index (χ0) is 11.6. The van der Waals surface area contributed by atoms with E-state index >= 15 is 0 Å². The first-order valence-electron chi connectivity index (χ1n) is 3.95. The minimum Gasteiger partial charge on any atom is -0.468 e. The highest BCUT2D eigenvalue weighted by Crippen LogP contribution is 2.25. The molecule has 0 spiro atoms. The molecule has 0 radical (unpaired) electrons. The van der Waals surface area contributed by atoms with Crippen molar-refractivity contribution in [2.45, 2.75) is 6.04 Å². The van der Waals surface area contributed by atoms with E-state index in [0.717, 1.165) is 19.2 Å². The number of esters is 1. The van der Waals surface area contributed by atoms with E-state index < -0.39 is 23.6 Å². The average molecular weight is 280 g/mol. The lowest BCUT2D eigenvalue weighted by molar-refractivity contribution is -0.142. The van der Waals surface area contributed by atoms with Gasteiger partial charge in [-0.1, -0.05) is 15.9 Å². The summed E-state index contributed by atoms with van der Waals surface area (Å²) >= 11 is 2.98. The van der Waals surface area contributed by atoms with Gasteiger partial charge in [0, 0.05) is 4.47 Å². The molecule has 15 heavy (non-hydrogen) atoms. The molecule has 1 aromatic rings. The monoisotopic (exact) mass is 279 g/mol. The van der Waals surface area contributed by atoms with Crippen molar-refractivity contribution in [3.8, 4) is 0 Å². The smallest absolute Gasteiger partial charge is 0.327 e. The summed E-state index contributed by atoms with van der Waals surface area (Å²) < 4.78 is 30.2. The highest BCUT2D eigenvalue weighted by atomic mass is 79.9. The molecular weight excluding hydrogens is 272 g/mol. The van der Waals surface area contributed by atoms with Gasteiger partial charge < -0.3 is 10.5 Å². The Kier molecular flexibility index (Phi) is 3.76. The van der Waals surface area contributed by atoms with E-state index in [9.17, 15) is 13.6 Å². The number of ether oxygens (including phenoxy) is 1. The molecule has 0 saturated heterocycles. The van der Waals surface area contributed by atoms with E-state index in [-0.39, 0.29) is 10.0 Å². The Hall–Kier alpha value is -1.01. The number of carbonyl (C=O) groups is 1. The molecule has 6 heteroatoms. The van der Waals surface area contributed by atoms with E-state index in [2.05, 4.69) is 20.7 Å². The Morgan fingerprint density at radius 1 is 1.47 bits per heavy atom. The molecule has 0 amide bonds. The first-order valence-corrected chi connectivity index (χ1v) is 4.74. The molecule has 2 N–H and O–H groups in total. The van der Waals surface area contributed by atoms with Gasteiger partial charge in [-0.2, -0.15) is 0 Å². The van der Waals surface area contributed by atoms with Crippen LogP contribution in [0, 0.1) is 11.6 Å². The molecule has 1 rings (SSSR count). The number of methoxy groups -OCH3 is 1. The fraction of sp³-hybridized carbons (Fsp3) is 0.222. The van der Waals surface area contributed by atoms with E-state index in [1.165, 1.54) is 0 Å². The number of nitrogens with two attached hydrogens (primary N) is 1. The molecule has 1 atom stereocenters. The Morgan fingerprint density at radius 2 is 2.00 bits per heavy atom. The van der Waals surface area contributed by atoms with Crippen molar-refractivity contribution in [2.24, 2.45) is 5.73 Å². The quantitative estimate of drug-likeness (QED) is 0.665. The van der Waals surface area contributed by atoms with Crippen molar-refractivity contribution in [3.63, 3.8) is 0 Å². The van der Waals surface area contributed by atoms with E-state index in [4.69, 9.17) is 5.73 Å². The third-order valence-corrected chi connectivity index (χ3v) is 2.52. The zero-order valence-corrected chi connectivity index (χ0v) is 9.35. The Morgan fingerprint density at radius 3 is 2.53 bits per heavy atom. The minimum atomic E-state index is -1.14. The van der Waals surface area contributed by atoms with Gasteiger partial charge >= 0.3 is 5.97 Å². The number of benzene rings is 1. The molecule has 0 saturated carbocycles. The van der Waals surface area contributed by atoms with Crippen molar-refractivity contribution < 1.29 is 18.3 Å². The van der Waals surface area contributed by atoms with Gasteiger partial charge in [0.05, 0.1) is 7.11 Å². The van der Waals surface area contributed by atoms with Gasteiger partial charge in [-0.05, 0) is 17.7 Å². The van der Waals surface area contributed by atoms with Crippen molar-refractivity contribution in [3.05, 3.63) is 33.8 Å². The summed E-state index contributed by atoms with van der Waals surface area (Å²) in [4.78, 5) is 11.1. The minimum absolute atomic E-state index is 0.140. The second-order valence-corrected chi connectivity index (χ2v) is 3.64. The summed E-state index contributed by atoms with van der Waals surface area (Å²) in [6.45, 7) is 0. The average Bonchev–Trinajstić information content (AvgIpc) is 2.21. The molecule has 0 fully saturated rings. The second kappa shape index (κ2) is 4.67. The van der Waals surface area contributed by atoms with Crippen LogP contribution in [0.15, 0.2) is 16.6 Å². The lowest BCUT2D eigenvalue weighted by Crippen LogP contribution is -2.23. The van der Waals surface area contributed by atoms with E-state index in [1.54, 1.807) is 0 Å². The standard InChI is InChI=1S/C9H8BrF2NO2/c1-15-9(14)8(13)4-2-6(11)7(12)3-5(4)10/h2-3,8H,13H2,1H3. The Bertz CT molecular complexity index is 398. The van der Waals surface area contributed by atoms with Gasteiger partial charge in [-0.25, -0.2) is 8.78 Å². The largest absolute Gasteiger partial charge is 0.468 e. The summed E-state index contributed by atoms with van der Waals surface area (Å²) in [7, 11) is 1.16. The molecule has 0 aliphatic carbocycles. The molecule has 82 valence electrons. The normalized spacial score (nSPS) is 12.3. The van der Waals surface area contributed by atoms with Gasteiger partial charge in [0.15, 0.2) is 11.6 Å². The SMILES string of the molecule is COC(=O)C(N)c1cc(F)c(F)cc1Br. The maximum atomic E-state index is 12.9. The highest BCUT2D eigenvalue weighted by Gasteiger charge is 2.20.